The molecule has 0 saturated heterocycles. The summed E-state index contributed by atoms with van der Waals surface area (Å²) < 4.78 is 80.9. The lowest BCUT2D eigenvalue weighted by atomic mass is 10.0. The number of carbonyl (C=O) groups excluding carboxylic acids is 3. The summed E-state index contributed by atoms with van der Waals surface area (Å²) >= 11 is 20.1. The van der Waals surface area contributed by atoms with Gasteiger partial charge in [-0.15, -0.1) is 23.2 Å². The zero-order valence-electron chi connectivity index (χ0n) is 22.9. The van der Waals surface area contributed by atoms with Gasteiger partial charge in [-0.2, -0.15) is 24.9 Å². The number of nitrogens with one attached hydrogen (secondary N) is 3. The van der Waals surface area contributed by atoms with Crippen LogP contribution in [0.1, 0.15) is 40.2 Å². The molecular weight excluding hydrogens is 691 g/mol. The number of thioether (sulfide) groups is 1. The van der Waals surface area contributed by atoms with Crippen LogP contribution in [0, 0.1) is 23.4 Å². The number of benzene rings is 3. The molecule has 0 spiro atoms. The third kappa shape index (κ3) is 7.82. The SMILES string of the molecule is CSCCCC(=O)Nc1c(F)ccc(NC(=O)c2cc(NC(=O)[C@H]3C(c4ccc(F)c(C(F)(F)F)c4)C3(Cl)Cl)ccc2Cl)c1F. The number of carbonyl (C=O) groups is 3. The topological polar surface area (TPSA) is 87.3 Å². The Kier molecular flexibility index (Phi) is 10.6. The minimum absolute atomic E-state index is 0.00260. The van der Waals surface area contributed by atoms with Gasteiger partial charge >= 0.3 is 6.18 Å². The highest BCUT2D eigenvalue weighted by molar-refractivity contribution is 7.98. The van der Waals surface area contributed by atoms with Crippen molar-refractivity contribution in [1.29, 1.82) is 0 Å². The first-order chi connectivity index (χ1) is 21.1. The maximum Gasteiger partial charge on any atom is 0.419 e. The monoisotopic (exact) mass is 711 g/mol. The number of hydrogen-bond donors (Lipinski definition) is 3. The van der Waals surface area contributed by atoms with E-state index in [0.717, 1.165) is 24.3 Å². The summed E-state index contributed by atoms with van der Waals surface area (Å²) in [4.78, 5) is 38.2. The van der Waals surface area contributed by atoms with Gasteiger partial charge in [0.25, 0.3) is 5.91 Å². The fraction of sp³-hybridized carbons (Fsp3) is 0.276. The largest absolute Gasteiger partial charge is 0.419 e. The van der Waals surface area contributed by atoms with Crippen LogP contribution in [-0.4, -0.2) is 34.1 Å². The fourth-order valence-electron chi connectivity index (χ4n) is 4.55. The molecule has 0 aromatic heterocycles. The second kappa shape index (κ2) is 13.7. The van der Waals surface area contributed by atoms with Crippen LogP contribution in [0.25, 0.3) is 0 Å². The van der Waals surface area contributed by atoms with Crippen molar-refractivity contribution < 1.29 is 40.7 Å². The molecule has 2 atom stereocenters. The van der Waals surface area contributed by atoms with Crippen LogP contribution in [0.15, 0.2) is 48.5 Å². The van der Waals surface area contributed by atoms with Crippen LogP contribution >= 0.6 is 46.6 Å². The summed E-state index contributed by atoms with van der Waals surface area (Å²) in [6, 6.07) is 7.66. The Morgan fingerprint density at radius 2 is 1.62 bits per heavy atom. The third-order valence-electron chi connectivity index (χ3n) is 6.83. The molecule has 0 aliphatic heterocycles. The van der Waals surface area contributed by atoms with Gasteiger partial charge < -0.3 is 16.0 Å². The van der Waals surface area contributed by atoms with E-state index in [1.165, 1.54) is 23.9 Å². The third-order valence-corrected chi connectivity index (χ3v) is 8.79. The minimum Gasteiger partial charge on any atom is -0.326 e. The van der Waals surface area contributed by atoms with Gasteiger partial charge in [0.1, 0.15) is 21.7 Å². The molecule has 1 aliphatic carbocycles. The summed E-state index contributed by atoms with van der Waals surface area (Å²) in [5.41, 5.74) is -3.12. The Hall–Kier alpha value is -3.13. The molecule has 3 aromatic rings. The average molecular weight is 713 g/mol. The van der Waals surface area contributed by atoms with Crippen LogP contribution in [0.5, 0.6) is 0 Å². The summed E-state index contributed by atoms with van der Waals surface area (Å²) in [6.45, 7) is 0. The van der Waals surface area contributed by atoms with Gasteiger partial charge in [0.2, 0.25) is 11.8 Å². The zero-order chi connectivity index (χ0) is 33.3. The second-order valence-electron chi connectivity index (χ2n) is 9.93. The summed E-state index contributed by atoms with van der Waals surface area (Å²) in [6.07, 6.45) is -2.63. The van der Waals surface area contributed by atoms with Gasteiger partial charge in [0.05, 0.1) is 27.8 Å². The van der Waals surface area contributed by atoms with Crippen molar-refractivity contribution in [2.24, 2.45) is 5.92 Å². The van der Waals surface area contributed by atoms with Gasteiger partial charge in [-0.25, -0.2) is 13.2 Å². The Balaban J connectivity index is 1.49. The normalized spacial score (nSPS) is 17.0. The van der Waals surface area contributed by atoms with Gasteiger partial charge in [-0.05, 0) is 66.5 Å². The number of anilines is 3. The lowest BCUT2D eigenvalue weighted by Crippen LogP contribution is -2.19. The fourth-order valence-corrected chi connectivity index (χ4v) is 6.02. The van der Waals surface area contributed by atoms with Crippen molar-refractivity contribution in [1.82, 2.24) is 0 Å². The van der Waals surface area contributed by atoms with Crippen LogP contribution in [-0.2, 0) is 15.8 Å². The first kappa shape index (κ1) is 34.7. The molecule has 16 heteroatoms. The first-order valence-electron chi connectivity index (χ1n) is 13.0. The van der Waals surface area contributed by atoms with Crippen molar-refractivity contribution in [3.63, 3.8) is 0 Å². The predicted octanol–water partition coefficient (Wildman–Crippen LogP) is 8.64. The van der Waals surface area contributed by atoms with Gasteiger partial charge in [-0.1, -0.05) is 17.7 Å². The quantitative estimate of drug-likeness (QED) is 0.112. The molecular formula is C29H22Cl3F6N3O3S. The summed E-state index contributed by atoms with van der Waals surface area (Å²) in [5.74, 6) is -7.89. The van der Waals surface area contributed by atoms with Gasteiger partial charge in [0.15, 0.2) is 5.82 Å². The van der Waals surface area contributed by atoms with E-state index >= 15 is 4.39 Å². The van der Waals surface area contributed by atoms with Gasteiger partial charge in [0, 0.05) is 18.0 Å². The maximum atomic E-state index is 15.1. The van der Waals surface area contributed by atoms with Crippen LogP contribution < -0.4 is 16.0 Å². The number of hydrogen-bond acceptors (Lipinski definition) is 4. The summed E-state index contributed by atoms with van der Waals surface area (Å²) in [5, 5.41) is 6.75. The standard InChI is InChI=1S/C29H22Cl3F6N3O3S/c1-45-10-2-3-21(42)41-25-19(34)8-9-20(24(25)35)40-26(43)15-12-14(5-6-17(15)30)39-27(44)23-22(28(23,31)32)13-4-7-18(33)16(11-13)29(36,37)38/h4-9,11-12,22-23H,2-3,10H2,1H3,(H,39,44)(H,40,43)(H,41,42)/t22?,23-/m1/s1. The lowest BCUT2D eigenvalue weighted by molar-refractivity contribution is -0.140. The molecule has 1 saturated carbocycles. The Morgan fingerprint density at radius 1 is 0.933 bits per heavy atom. The molecule has 0 bridgehead atoms. The molecule has 0 radical (unpaired) electrons. The van der Waals surface area contributed by atoms with Crippen LogP contribution in [0.3, 0.4) is 0 Å². The van der Waals surface area contributed by atoms with E-state index in [-0.39, 0.29) is 28.3 Å². The van der Waals surface area contributed by atoms with E-state index < -0.39 is 74.5 Å². The Morgan fingerprint density at radius 3 is 2.29 bits per heavy atom. The van der Waals surface area contributed by atoms with Crippen molar-refractivity contribution in [3.8, 4) is 0 Å². The highest BCUT2D eigenvalue weighted by Crippen LogP contribution is 2.65. The molecule has 240 valence electrons. The zero-order valence-corrected chi connectivity index (χ0v) is 26.0. The molecule has 1 fully saturated rings. The van der Waals surface area contributed by atoms with Gasteiger partial charge in [-0.3, -0.25) is 14.4 Å². The predicted molar refractivity (Wildman–Crippen MR) is 163 cm³/mol. The number of rotatable bonds is 10. The minimum atomic E-state index is -4.99. The van der Waals surface area contributed by atoms with E-state index in [9.17, 15) is 36.3 Å². The van der Waals surface area contributed by atoms with Crippen molar-refractivity contribution in [3.05, 3.63) is 87.7 Å². The number of alkyl halides is 5. The van der Waals surface area contributed by atoms with Crippen molar-refractivity contribution in [2.45, 2.75) is 29.3 Å². The van der Waals surface area contributed by atoms with Crippen molar-refractivity contribution >= 4 is 81.3 Å². The highest BCUT2D eigenvalue weighted by Gasteiger charge is 2.67. The lowest BCUT2D eigenvalue weighted by Gasteiger charge is -2.13. The molecule has 3 amide bonds. The molecule has 0 heterocycles. The highest BCUT2D eigenvalue weighted by atomic mass is 35.5. The number of amides is 3. The smallest absolute Gasteiger partial charge is 0.326 e. The van der Waals surface area contributed by atoms with Crippen LogP contribution in [0.2, 0.25) is 5.02 Å². The summed E-state index contributed by atoms with van der Waals surface area (Å²) in [7, 11) is 0. The molecule has 3 aromatic carbocycles. The van der Waals surface area contributed by atoms with E-state index in [0.29, 0.717) is 24.3 Å². The first-order valence-corrected chi connectivity index (χ1v) is 15.5. The molecule has 45 heavy (non-hydrogen) atoms. The van der Waals surface area contributed by atoms with E-state index in [1.807, 2.05) is 6.26 Å². The number of halogens is 9. The Bertz CT molecular complexity index is 1660. The Labute approximate surface area is 272 Å². The average Bonchev–Trinajstić information content (AvgIpc) is 3.55. The van der Waals surface area contributed by atoms with Crippen LogP contribution in [0.4, 0.5) is 43.4 Å². The van der Waals surface area contributed by atoms with E-state index in [2.05, 4.69) is 16.0 Å². The van der Waals surface area contributed by atoms with E-state index in [1.54, 1.807) is 0 Å². The second-order valence-corrected chi connectivity index (χ2v) is 12.8. The molecule has 6 nitrogen and oxygen atoms in total. The molecule has 1 unspecified atom stereocenters. The maximum absolute atomic E-state index is 15.1. The van der Waals surface area contributed by atoms with Crippen molar-refractivity contribution in [2.75, 3.05) is 28.0 Å². The van der Waals surface area contributed by atoms with E-state index in [4.69, 9.17) is 34.8 Å². The molecule has 3 N–H and O–H groups in total. The molecule has 4 rings (SSSR count). The molecule has 1 aliphatic rings.